The Morgan fingerprint density at radius 2 is 2.07 bits per heavy atom. The van der Waals surface area contributed by atoms with E-state index in [9.17, 15) is 9.59 Å². The Bertz CT molecular complexity index is 265. The number of nitrogens with one attached hydrogen (secondary N) is 1. The molecule has 1 aliphatic rings. The van der Waals surface area contributed by atoms with Gasteiger partial charge in [-0.3, -0.25) is 4.79 Å². The van der Waals surface area contributed by atoms with Crippen LogP contribution < -0.4 is 5.32 Å². The summed E-state index contributed by atoms with van der Waals surface area (Å²) in [6.07, 6.45) is 1.64. The Balaban J connectivity index is 2.51. The maximum Gasteiger partial charge on any atom is 0.326 e. The SMILES string of the molecule is CCC(C)C(NC(=O)C1CC1C)C(=O)O. The van der Waals surface area contributed by atoms with Crippen LogP contribution in [0.4, 0.5) is 0 Å². The summed E-state index contributed by atoms with van der Waals surface area (Å²) in [4.78, 5) is 22.5. The summed E-state index contributed by atoms with van der Waals surface area (Å²) in [6.45, 7) is 5.77. The van der Waals surface area contributed by atoms with E-state index in [2.05, 4.69) is 5.32 Å². The number of carbonyl (C=O) groups is 2. The highest BCUT2D eigenvalue weighted by molar-refractivity contribution is 5.86. The largest absolute Gasteiger partial charge is 0.480 e. The minimum Gasteiger partial charge on any atom is -0.480 e. The van der Waals surface area contributed by atoms with Crippen molar-refractivity contribution in [3.8, 4) is 0 Å². The van der Waals surface area contributed by atoms with Gasteiger partial charge in [0.2, 0.25) is 5.91 Å². The van der Waals surface area contributed by atoms with E-state index in [0.717, 1.165) is 12.8 Å². The Morgan fingerprint density at radius 3 is 2.40 bits per heavy atom. The number of aliphatic carboxylic acids is 1. The molecule has 86 valence electrons. The number of carboxylic acids is 1. The molecule has 1 aliphatic carbocycles. The number of hydrogen-bond acceptors (Lipinski definition) is 2. The molecule has 0 aliphatic heterocycles. The van der Waals surface area contributed by atoms with Crippen LogP contribution in [0, 0.1) is 17.8 Å². The monoisotopic (exact) mass is 213 g/mol. The van der Waals surface area contributed by atoms with Gasteiger partial charge in [0, 0.05) is 5.92 Å². The second-order valence-electron chi connectivity index (χ2n) is 4.53. The van der Waals surface area contributed by atoms with E-state index in [1.165, 1.54) is 0 Å². The predicted octanol–water partition coefficient (Wildman–Crippen LogP) is 1.26. The van der Waals surface area contributed by atoms with Crippen LogP contribution in [0.3, 0.4) is 0 Å². The first kappa shape index (κ1) is 12.0. The first-order valence-corrected chi connectivity index (χ1v) is 5.50. The summed E-state index contributed by atoms with van der Waals surface area (Å²) in [6, 6.07) is -0.740. The third-order valence-electron chi connectivity index (χ3n) is 3.22. The van der Waals surface area contributed by atoms with Crippen LogP contribution in [-0.4, -0.2) is 23.0 Å². The zero-order valence-electron chi connectivity index (χ0n) is 9.49. The zero-order chi connectivity index (χ0) is 11.6. The number of hydrogen-bond donors (Lipinski definition) is 2. The van der Waals surface area contributed by atoms with Gasteiger partial charge in [-0.05, 0) is 18.3 Å². The van der Waals surface area contributed by atoms with E-state index >= 15 is 0 Å². The second-order valence-corrected chi connectivity index (χ2v) is 4.53. The van der Waals surface area contributed by atoms with Gasteiger partial charge >= 0.3 is 5.97 Å². The standard InChI is InChI=1S/C11H19NO3/c1-4-6(2)9(11(14)15)12-10(13)8-5-7(8)3/h6-9H,4-5H2,1-3H3,(H,12,13)(H,14,15). The maximum absolute atomic E-state index is 11.6. The molecule has 1 amide bonds. The Labute approximate surface area is 90.0 Å². The molecular formula is C11H19NO3. The summed E-state index contributed by atoms with van der Waals surface area (Å²) < 4.78 is 0. The number of amides is 1. The van der Waals surface area contributed by atoms with Gasteiger partial charge in [0.1, 0.15) is 6.04 Å². The predicted molar refractivity (Wildman–Crippen MR) is 56.3 cm³/mol. The van der Waals surface area contributed by atoms with Gasteiger partial charge in [0.15, 0.2) is 0 Å². The average molecular weight is 213 g/mol. The van der Waals surface area contributed by atoms with Crippen LogP contribution >= 0.6 is 0 Å². The van der Waals surface area contributed by atoms with E-state index in [1.54, 1.807) is 0 Å². The molecule has 2 N–H and O–H groups in total. The molecule has 4 nitrogen and oxygen atoms in total. The lowest BCUT2D eigenvalue weighted by Gasteiger charge is -2.20. The van der Waals surface area contributed by atoms with Crippen molar-refractivity contribution in [2.45, 2.75) is 39.7 Å². The molecule has 0 saturated heterocycles. The first-order valence-electron chi connectivity index (χ1n) is 5.50. The molecule has 0 aromatic heterocycles. The molecule has 0 aromatic rings. The maximum atomic E-state index is 11.6. The molecule has 1 rings (SSSR count). The molecule has 4 heteroatoms. The van der Waals surface area contributed by atoms with Gasteiger partial charge in [-0.1, -0.05) is 27.2 Å². The number of carboxylic acid groups (broad SMARTS) is 1. The fourth-order valence-electron chi connectivity index (χ4n) is 1.63. The van der Waals surface area contributed by atoms with Crippen LogP contribution in [0.2, 0.25) is 0 Å². The van der Waals surface area contributed by atoms with Gasteiger partial charge < -0.3 is 10.4 Å². The van der Waals surface area contributed by atoms with Crippen LogP contribution in [0.25, 0.3) is 0 Å². The highest BCUT2D eigenvalue weighted by Crippen LogP contribution is 2.37. The molecule has 1 saturated carbocycles. The number of carbonyl (C=O) groups excluding carboxylic acids is 1. The topological polar surface area (TPSA) is 66.4 Å². The van der Waals surface area contributed by atoms with E-state index in [0.29, 0.717) is 5.92 Å². The van der Waals surface area contributed by atoms with Crippen LogP contribution in [0.1, 0.15) is 33.6 Å². The summed E-state index contributed by atoms with van der Waals surface area (Å²) in [7, 11) is 0. The van der Waals surface area contributed by atoms with Crippen LogP contribution in [0.5, 0.6) is 0 Å². The molecule has 0 heterocycles. The van der Waals surface area contributed by atoms with Crippen molar-refractivity contribution in [3.63, 3.8) is 0 Å². The molecule has 0 aromatic carbocycles. The molecule has 1 fully saturated rings. The fraction of sp³-hybridized carbons (Fsp3) is 0.818. The summed E-state index contributed by atoms with van der Waals surface area (Å²) in [5, 5.41) is 11.6. The van der Waals surface area contributed by atoms with Crippen molar-refractivity contribution in [2.75, 3.05) is 0 Å². The lowest BCUT2D eigenvalue weighted by molar-refractivity contribution is -0.143. The smallest absolute Gasteiger partial charge is 0.326 e. The van der Waals surface area contributed by atoms with E-state index in [1.807, 2.05) is 20.8 Å². The van der Waals surface area contributed by atoms with E-state index < -0.39 is 12.0 Å². The van der Waals surface area contributed by atoms with Crippen molar-refractivity contribution < 1.29 is 14.7 Å². The Hall–Kier alpha value is -1.06. The third kappa shape index (κ3) is 2.94. The molecule has 0 spiro atoms. The Kier molecular flexibility index (Phi) is 3.72. The highest BCUT2D eigenvalue weighted by Gasteiger charge is 2.40. The minimum atomic E-state index is -0.939. The van der Waals surface area contributed by atoms with Crippen molar-refractivity contribution in [1.29, 1.82) is 0 Å². The molecule has 4 unspecified atom stereocenters. The zero-order valence-corrected chi connectivity index (χ0v) is 9.49. The summed E-state index contributed by atoms with van der Waals surface area (Å²) >= 11 is 0. The van der Waals surface area contributed by atoms with Crippen molar-refractivity contribution in [2.24, 2.45) is 17.8 Å². The van der Waals surface area contributed by atoms with Gasteiger partial charge in [0.25, 0.3) is 0 Å². The van der Waals surface area contributed by atoms with Gasteiger partial charge in [-0.15, -0.1) is 0 Å². The number of rotatable bonds is 5. The van der Waals surface area contributed by atoms with Gasteiger partial charge in [0.05, 0.1) is 0 Å². The molecule has 0 bridgehead atoms. The second kappa shape index (κ2) is 4.64. The van der Waals surface area contributed by atoms with E-state index in [-0.39, 0.29) is 17.7 Å². The summed E-state index contributed by atoms with van der Waals surface area (Å²) in [5.74, 6) is -0.617. The fourth-order valence-corrected chi connectivity index (χ4v) is 1.63. The molecular weight excluding hydrogens is 194 g/mol. The van der Waals surface area contributed by atoms with Crippen molar-refractivity contribution in [3.05, 3.63) is 0 Å². The lowest BCUT2D eigenvalue weighted by Crippen LogP contribution is -2.45. The quantitative estimate of drug-likeness (QED) is 0.722. The normalized spacial score (nSPS) is 27.9. The molecule has 0 radical (unpaired) electrons. The van der Waals surface area contributed by atoms with Gasteiger partial charge in [-0.2, -0.15) is 0 Å². The molecule has 15 heavy (non-hydrogen) atoms. The highest BCUT2D eigenvalue weighted by atomic mass is 16.4. The minimum absolute atomic E-state index is 0.0273. The van der Waals surface area contributed by atoms with E-state index in [4.69, 9.17) is 5.11 Å². The Morgan fingerprint density at radius 1 is 1.53 bits per heavy atom. The van der Waals surface area contributed by atoms with Crippen molar-refractivity contribution in [1.82, 2.24) is 5.32 Å². The first-order chi connectivity index (χ1) is 6.97. The summed E-state index contributed by atoms with van der Waals surface area (Å²) in [5.41, 5.74) is 0. The van der Waals surface area contributed by atoms with Crippen molar-refractivity contribution >= 4 is 11.9 Å². The lowest BCUT2D eigenvalue weighted by atomic mass is 9.99. The molecule has 4 atom stereocenters. The average Bonchev–Trinajstić information content (AvgIpc) is 2.90. The third-order valence-corrected chi connectivity index (χ3v) is 3.22. The van der Waals surface area contributed by atoms with Crippen LogP contribution in [0.15, 0.2) is 0 Å². The van der Waals surface area contributed by atoms with Crippen LogP contribution in [-0.2, 0) is 9.59 Å². The van der Waals surface area contributed by atoms with Gasteiger partial charge in [-0.25, -0.2) is 4.79 Å².